The van der Waals surface area contributed by atoms with E-state index in [1.165, 1.54) is 25.3 Å². The third kappa shape index (κ3) is 4.16. The number of esters is 1. The number of carbonyl (C=O) groups excluding carboxylic acids is 1. The molecule has 3 rings (SSSR count). The van der Waals surface area contributed by atoms with Crippen molar-refractivity contribution in [2.75, 3.05) is 19.0 Å². The number of anilines is 2. The molecule has 0 aliphatic carbocycles. The van der Waals surface area contributed by atoms with Crippen LogP contribution in [0.3, 0.4) is 0 Å². The number of nitrogens with one attached hydrogen (secondary N) is 1. The number of hydrogen-bond acceptors (Lipinski definition) is 5. The minimum absolute atomic E-state index is 0.0358. The maximum absolute atomic E-state index is 13.0. The number of carbonyl (C=O) groups is 1. The van der Waals surface area contributed by atoms with Crippen LogP contribution in [0.5, 0.6) is 5.75 Å². The van der Waals surface area contributed by atoms with Crippen LogP contribution in [0, 0.1) is 0 Å². The SMILES string of the molecule is CCOc1ccc2nc(C(=O)OC)cc(Nc3cccc(C(F)(F)F)c3)c2c1. The molecule has 5 nitrogen and oxygen atoms in total. The smallest absolute Gasteiger partial charge is 0.416 e. The molecular weight excluding hydrogens is 373 g/mol. The Labute approximate surface area is 159 Å². The molecule has 1 N–H and O–H groups in total. The lowest BCUT2D eigenvalue weighted by atomic mass is 10.1. The van der Waals surface area contributed by atoms with E-state index < -0.39 is 17.7 Å². The van der Waals surface area contributed by atoms with Gasteiger partial charge in [0.2, 0.25) is 0 Å². The molecule has 0 spiro atoms. The monoisotopic (exact) mass is 390 g/mol. The van der Waals surface area contributed by atoms with Crippen molar-refractivity contribution in [1.29, 1.82) is 0 Å². The lowest BCUT2D eigenvalue weighted by Gasteiger charge is -2.14. The summed E-state index contributed by atoms with van der Waals surface area (Å²) in [5, 5.41) is 3.54. The van der Waals surface area contributed by atoms with Crippen molar-refractivity contribution in [3.63, 3.8) is 0 Å². The normalized spacial score (nSPS) is 11.3. The first kappa shape index (κ1) is 19.5. The van der Waals surface area contributed by atoms with Crippen molar-refractivity contribution >= 4 is 28.2 Å². The van der Waals surface area contributed by atoms with Crippen LogP contribution >= 0.6 is 0 Å². The number of ether oxygens (including phenoxy) is 2. The topological polar surface area (TPSA) is 60.5 Å². The summed E-state index contributed by atoms with van der Waals surface area (Å²) in [6.07, 6.45) is -4.46. The van der Waals surface area contributed by atoms with Gasteiger partial charge in [-0.3, -0.25) is 0 Å². The van der Waals surface area contributed by atoms with E-state index in [1.807, 2.05) is 6.92 Å². The first-order valence-electron chi connectivity index (χ1n) is 8.42. The van der Waals surface area contributed by atoms with Crippen molar-refractivity contribution in [1.82, 2.24) is 4.98 Å². The average Bonchev–Trinajstić information content (AvgIpc) is 2.67. The third-order valence-corrected chi connectivity index (χ3v) is 3.95. The molecule has 0 radical (unpaired) electrons. The zero-order chi connectivity index (χ0) is 20.3. The van der Waals surface area contributed by atoms with Gasteiger partial charge < -0.3 is 14.8 Å². The molecule has 28 heavy (non-hydrogen) atoms. The van der Waals surface area contributed by atoms with Crippen LogP contribution < -0.4 is 10.1 Å². The first-order valence-corrected chi connectivity index (χ1v) is 8.42. The number of hydrogen-bond donors (Lipinski definition) is 1. The number of methoxy groups -OCH3 is 1. The van der Waals surface area contributed by atoms with Crippen molar-refractivity contribution < 1.29 is 27.4 Å². The van der Waals surface area contributed by atoms with E-state index in [9.17, 15) is 18.0 Å². The molecule has 0 bridgehead atoms. The molecule has 1 aromatic heterocycles. The van der Waals surface area contributed by atoms with E-state index >= 15 is 0 Å². The van der Waals surface area contributed by atoms with Gasteiger partial charge in [0.15, 0.2) is 5.69 Å². The molecule has 3 aromatic rings. The van der Waals surface area contributed by atoms with E-state index in [4.69, 9.17) is 9.47 Å². The second kappa shape index (κ2) is 7.75. The first-order chi connectivity index (χ1) is 13.3. The highest BCUT2D eigenvalue weighted by Crippen LogP contribution is 2.33. The molecule has 0 saturated carbocycles. The van der Waals surface area contributed by atoms with Crippen molar-refractivity contribution in [3.05, 3.63) is 59.8 Å². The Kier molecular flexibility index (Phi) is 5.39. The molecule has 0 saturated heterocycles. The zero-order valence-corrected chi connectivity index (χ0v) is 15.1. The van der Waals surface area contributed by atoms with Gasteiger partial charge in [-0.05, 0) is 49.4 Å². The summed E-state index contributed by atoms with van der Waals surface area (Å²) in [7, 11) is 1.23. The van der Waals surface area contributed by atoms with E-state index in [2.05, 4.69) is 10.3 Å². The van der Waals surface area contributed by atoms with Gasteiger partial charge in [0.1, 0.15) is 5.75 Å². The van der Waals surface area contributed by atoms with Crippen molar-refractivity contribution in [2.24, 2.45) is 0 Å². The molecule has 0 atom stereocenters. The van der Waals surface area contributed by atoms with E-state index in [0.717, 1.165) is 12.1 Å². The maximum atomic E-state index is 13.0. The Morgan fingerprint density at radius 3 is 2.61 bits per heavy atom. The van der Waals surface area contributed by atoms with Crippen LogP contribution in [0.15, 0.2) is 48.5 Å². The quantitative estimate of drug-likeness (QED) is 0.608. The predicted octanol–water partition coefficient (Wildman–Crippen LogP) is 5.18. The molecule has 0 aliphatic rings. The highest BCUT2D eigenvalue weighted by atomic mass is 19.4. The Balaban J connectivity index is 2.11. The number of alkyl halides is 3. The number of pyridine rings is 1. The Morgan fingerprint density at radius 2 is 1.93 bits per heavy atom. The van der Waals surface area contributed by atoms with Crippen molar-refractivity contribution in [3.8, 4) is 5.75 Å². The summed E-state index contributed by atoms with van der Waals surface area (Å²) in [4.78, 5) is 16.2. The minimum Gasteiger partial charge on any atom is -0.494 e. The Hall–Kier alpha value is -3.29. The van der Waals surface area contributed by atoms with Crippen LogP contribution in [0.25, 0.3) is 10.9 Å². The van der Waals surface area contributed by atoms with Crippen molar-refractivity contribution in [2.45, 2.75) is 13.1 Å². The van der Waals surface area contributed by atoms with E-state index in [1.54, 1.807) is 18.2 Å². The van der Waals surface area contributed by atoms with Crippen LogP contribution in [0.1, 0.15) is 23.0 Å². The van der Waals surface area contributed by atoms with Gasteiger partial charge in [0.25, 0.3) is 0 Å². The molecule has 0 amide bonds. The fraction of sp³-hybridized carbons (Fsp3) is 0.200. The fourth-order valence-electron chi connectivity index (χ4n) is 2.70. The summed E-state index contributed by atoms with van der Waals surface area (Å²) in [5.74, 6) is -0.0717. The molecular formula is C20H17F3N2O3. The summed E-state index contributed by atoms with van der Waals surface area (Å²) in [6.45, 7) is 2.29. The number of nitrogens with zero attached hydrogens (tertiary/aromatic N) is 1. The highest BCUT2D eigenvalue weighted by molar-refractivity contribution is 5.99. The largest absolute Gasteiger partial charge is 0.494 e. The fourth-order valence-corrected chi connectivity index (χ4v) is 2.70. The lowest BCUT2D eigenvalue weighted by Crippen LogP contribution is -2.07. The molecule has 0 unspecified atom stereocenters. The van der Waals surface area contributed by atoms with Gasteiger partial charge in [-0.15, -0.1) is 0 Å². The van der Waals surface area contributed by atoms with Crippen LogP contribution in [-0.2, 0) is 10.9 Å². The second-order valence-electron chi connectivity index (χ2n) is 5.86. The van der Waals surface area contributed by atoms with E-state index in [0.29, 0.717) is 28.9 Å². The lowest BCUT2D eigenvalue weighted by molar-refractivity contribution is -0.137. The molecule has 146 valence electrons. The minimum atomic E-state index is -4.46. The number of aromatic nitrogens is 1. The number of rotatable bonds is 5. The Bertz CT molecular complexity index is 1020. The molecule has 8 heteroatoms. The zero-order valence-electron chi connectivity index (χ0n) is 15.1. The van der Waals surface area contributed by atoms with Gasteiger partial charge in [-0.2, -0.15) is 13.2 Å². The third-order valence-electron chi connectivity index (χ3n) is 3.95. The number of halogens is 3. The average molecular weight is 390 g/mol. The second-order valence-corrected chi connectivity index (χ2v) is 5.86. The Morgan fingerprint density at radius 1 is 1.14 bits per heavy atom. The van der Waals surface area contributed by atoms with Gasteiger partial charge in [-0.25, -0.2) is 9.78 Å². The van der Waals surface area contributed by atoms with Crippen LogP contribution in [0.2, 0.25) is 0 Å². The summed E-state index contributed by atoms with van der Waals surface area (Å²) in [5.41, 5.74) is 0.361. The van der Waals surface area contributed by atoms with Gasteiger partial charge in [-0.1, -0.05) is 6.07 Å². The predicted molar refractivity (Wildman–Crippen MR) is 99.0 cm³/mol. The maximum Gasteiger partial charge on any atom is 0.416 e. The molecule has 2 aromatic carbocycles. The molecule has 0 aliphatic heterocycles. The van der Waals surface area contributed by atoms with E-state index in [-0.39, 0.29) is 11.4 Å². The standard InChI is InChI=1S/C20H17F3N2O3/c1-3-28-14-7-8-16-15(10-14)17(11-18(25-16)19(26)27-2)24-13-6-4-5-12(9-13)20(21,22)23/h4-11H,3H2,1-2H3,(H,24,25). The van der Waals surface area contributed by atoms with Crippen LogP contribution in [-0.4, -0.2) is 24.7 Å². The summed E-state index contributed by atoms with van der Waals surface area (Å²) >= 11 is 0. The molecule has 1 heterocycles. The van der Waals surface area contributed by atoms with Crippen LogP contribution in [0.4, 0.5) is 24.5 Å². The number of benzene rings is 2. The van der Waals surface area contributed by atoms with Gasteiger partial charge >= 0.3 is 12.1 Å². The summed E-state index contributed by atoms with van der Waals surface area (Å²) < 4.78 is 49.2. The molecule has 0 fully saturated rings. The highest BCUT2D eigenvalue weighted by Gasteiger charge is 2.30. The number of fused-ring (bicyclic) bond motifs is 1. The van der Waals surface area contributed by atoms with Gasteiger partial charge in [0, 0.05) is 11.1 Å². The summed E-state index contributed by atoms with van der Waals surface area (Å²) in [6, 6.07) is 11.3. The van der Waals surface area contributed by atoms with Gasteiger partial charge in [0.05, 0.1) is 30.5 Å².